The minimum atomic E-state index is -0.218. The van der Waals surface area contributed by atoms with Crippen molar-refractivity contribution in [1.29, 1.82) is 0 Å². The van der Waals surface area contributed by atoms with Gasteiger partial charge in [-0.25, -0.2) is 0 Å². The van der Waals surface area contributed by atoms with Crippen LogP contribution in [-0.4, -0.2) is 32.2 Å². The normalized spacial score (nSPS) is 10.6. The first-order valence-electron chi connectivity index (χ1n) is 8.58. The molecule has 3 N–H and O–H groups in total. The number of carbonyl (C=O) groups is 2. The lowest BCUT2D eigenvalue weighted by Gasteiger charge is -2.09. The molecule has 2 amide bonds. The van der Waals surface area contributed by atoms with Gasteiger partial charge in [0.05, 0.1) is 0 Å². The summed E-state index contributed by atoms with van der Waals surface area (Å²) in [6.07, 6.45) is 3.13. The Morgan fingerprint density at radius 1 is 0.857 bits per heavy atom. The Morgan fingerprint density at radius 3 is 2.54 bits per heavy atom. The maximum atomic E-state index is 12.4. The van der Waals surface area contributed by atoms with Crippen LogP contribution in [0.3, 0.4) is 0 Å². The fourth-order valence-electron chi connectivity index (χ4n) is 2.73. The zero-order valence-electron chi connectivity index (χ0n) is 14.7. The number of nitrogens with zero attached hydrogens (tertiary/aromatic N) is 3. The number of rotatable bonds is 5. The topological polar surface area (TPSA) is 113 Å². The zero-order valence-corrected chi connectivity index (χ0v) is 14.7. The third-order valence-corrected chi connectivity index (χ3v) is 4.16. The van der Waals surface area contributed by atoms with Gasteiger partial charge < -0.3 is 10.6 Å². The smallest absolute Gasteiger partial charge is 0.255 e. The summed E-state index contributed by atoms with van der Waals surface area (Å²) in [4.78, 5) is 28.5. The molecule has 0 aliphatic rings. The number of fused-ring (bicyclic) bond motifs is 1. The van der Waals surface area contributed by atoms with E-state index in [1.165, 1.54) is 0 Å². The average molecular weight is 372 g/mol. The van der Waals surface area contributed by atoms with Gasteiger partial charge in [-0.2, -0.15) is 15.4 Å². The van der Waals surface area contributed by atoms with Gasteiger partial charge in [0.2, 0.25) is 0 Å². The van der Waals surface area contributed by atoms with E-state index in [-0.39, 0.29) is 11.8 Å². The van der Waals surface area contributed by atoms with Crippen LogP contribution in [0.15, 0.2) is 67.0 Å². The molecule has 2 aromatic heterocycles. The highest BCUT2D eigenvalue weighted by atomic mass is 16.2. The van der Waals surface area contributed by atoms with Crippen LogP contribution >= 0.6 is 0 Å². The number of amides is 2. The van der Waals surface area contributed by atoms with Crippen LogP contribution < -0.4 is 10.6 Å². The fourth-order valence-corrected chi connectivity index (χ4v) is 2.73. The molecule has 4 aromatic rings. The van der Waals surface area contributed by atoms with Crippen molar-refractivity contribution in [2.24, 2.45) is 0 Å². The molecular weight excluding hydrogens is 356 g/mol. The van der Waals surface area contributed by atoms with Crippen LogP contribution in [0.5, 0.6) is 0 Å². The molecule has 4 rings (SSSR count). The van der Waals surface area contributed by atoms with Crippen LogP contribution in [0.1, 0.15) is 26.3 Å². The van der Waals surface area contributed by atoms with Gasteiger partial charge in [0.25, 0.3) is 11.8 Å². The molecule has 0 radical (unpaired) electrons. The molecule has 0 saturated carbocycles. The molecule has 2 aromatic carbocycles. The molecule has 0 spiro atoms. The largest absolute Gasteiger partial charge is 0.348 e. The highest BCUT2D eigenvalue weighted by molar-refractivity contribution is 6.04. The van der Waals surface area contributed by atoms with Crippen molar-refractivity contribution in [2.75, 3.05) is 5.32 Å². The summed E-state index contributed by atoms with van der Waals surface area (Å²) in [7, 11) is 0. The second-order valence-electron chi connectivity index (χ2n) is 6.10. The van der Waals surface area contributed by atoms with Crippen LogP contribution in [0.2, 0.25) is 0 Å². The van der Waals surface area contributed by atoms with Crippen LogP contribution in [0, 0.1) is 0 Å². The molecule has 0 aliphatic heterocycles. The van der Waals surface area contributed by atoms with Crippen LogP contribution in [0.4, 0.5) is 5.69 Å². The molecule has 0 bridgehead atoms. The monoisotopic (exact) mass is 372 g/mol. The maximum Gasteiger partial charge on any atom is 0.255 e. The van der Waals surface area contributed by atoms with Gasteiger partial charge in [-0.3, -0.25) is 14.6 Å². The summed E-state index contributed by atoms with van der Waals surface area (Å²) in [6.45, 7) is 0.328. The maximum absolute atomic E-state index is 12.4. The second-order valence-corrected chi connectivity index (χ2v) is 6.10. The van der Waals surface area contributed by atoms with E-state index in [1.54, 1.807) is 48.8 Å². The lowest BCUT2D eigenvalue weighted by molar-refractivity contribution is 0.0950. The van der Waals surface area contributed by atoms with E-state index in [0.29, 0.717) is 34.4 Å². The number of H-pyrrole nitrogens is 1. The Labute approximate surface area is 160 Å². The number of nitrogens with one attached hydrogen (secondary N) is 3. The van der Waals surface area contributed by atoms with E-state index in [0.717, 1.165) is 5.56 Å². The minimum Gasteiger partial charge on any atom is -0.348 e. The van der Waals surface area contributed by atoms with Crippen LogP contribution in [-0.2, 0) is 6.54 Å². The molecule has 0 fully saturated rings. The van der Waals surface area contributed by atoms with Gasteiger partial charge in [0.15, 0.2) is 0 Å². The molecule has 0 saturated heterocycles. The van der Waals surface area contributed by atoms with Gasteiger partial charge in [-0.15, -0.1) is 0 Å². The van der Waals surface area contributed by atoms with Crippen LogP contribution in [0.25, 0.3) is 11.0 Å². The number of benzene rings is 2. The number of hydrogen-bond acceptors (Lipinski definition) is 5. The molecule has 0 aliphatic carbocycles. The number of anilines is 1. The SMILES string of the molecule is O=C(NCc1cccc(NC(=O)c2ccncc2)c1)c1ccc2n[nH]nc2c1. The molecular formula is C20H16N6O2. The third kappa shape index (κ3) is 3.85. The first-order valence-corrected chi connectivity index (χ1v) is 8.58. The summed E-state index contributed by atoms with van der Waals surface area (Å²) >= 11 is 0. The van der Waals surface area contributed by atoms with E-state index in [1.807, 2.05) is 18.2 Å². The number of carbonyl (C=O) groups excluding carboxylic acids is 2. The Hall–Kier alpha value is -4.07. The predicted molar refractivity (Wildman–Crippen MR) is 104 cm³/mol. The summed E-state index contributed by atoms with van der Waals surface area (Å²) < 4.78 is 0. The zero-order chi connectivity index (χ0) is 19.3. The van der Waals surface area contributed by atoms with E-state index in [2.05, 4.69) is 31.0 Å². The molecule has 0 atom stereocenters. The Bertz CT molecular complexity index is 1140. The molecule has 0 unspecified atom stereocenters. The summed E-state index contributed by atoms with van der Waals surface area (Å²) in [5, 5.41) is 16.2. The molecule has 2 heterocycles. The van der Waals surface area contributed by atoms with Crippen molar-refractivity contribution in [3.63, 3.8) is 0 Å². The van der Waals surface area contributed by atoms with Crippen molar-refractivity contribution >= 4 is 28.5 Å². The molecule has 8 nitrogen and oxygen atoms in total. The molecule has 138 valence electrons. The van der Waals surface area contributed by atoms with Gasteiger partial charge in [-0.05, 0) is 48.0 Å². The summed E-state index contributed by atoms with van der Waals surface area (Å²) in [5.74, 6) is -0.430. The van der Waals surface area contributed by atoms with Gasteiger partial charge in [-0.1, -0.05) is 12.1 Å². The standard InChI is InChI=1S/C20H16N6O2/c27-19(15-4-5-17-18(11-15)25-26-24-17)22-12-13-2-1-3-16(10-13)23-20(28)14-6-8-21-9-7-14/h1-11H,12H2,(H,22,27)(H,23,28)(H,24,25,26). The van der Waals surface area contributed by atoms with E-state index < -0.39 is 0 Å². The highest BCUT2D eigenvalue weighted by Gasteiger charge is 2.09. The van der Waals surface area contributed by atoms with E-state index >= 15 is 0 Å². The van der Waals surface area contributed by atoms with Crippen molar-refractivity contribution in [1.82, 2.24) is 25.7 Å². The van der Waals surface area contributed by atoms with Gasteiger partial charge >= 0.3 is 0 Å². The van der Waals surface area contributed by atoms with Crippen molar-refractivity contribution < 1.29 is 9.59 Å². The fraction of sp³-hybridized carbons (Fsp3) is 0.0500. The quantitative estimate of drug-likeness (QED) is 0.498. The third-order valence-electron chi connectivity index (χ3n) is 4.16. The average Bonchev–Trinajstić information content (AvgIpc) is 3.21. The molecule has 28 heavy (non-hydrogen) atoms. The predicted octanol–water partition coefficient (Wildman–Crippen LogP) is 2.54. The summed E-state index contributed by atoms with van der Waals surface area (Å²) in [6, 6.07) is 15.7. The van der Waals surface area contributed by atoms with Gasteiger partial charge in [0.1, 0.15) is 11.0 Å². The second kappa shape index (κ2) is 7.67. The first kappa shape index (κ1) is 17.3. The van der Waals surface area contributed by atoms with Crippen molar-refractivity contribution in [2.45, 2.75) is 6.54 Å². The van der Waals surface area contributed by atoms with Crippen molar-refractivity contribution in [3.8, 4) is 0 Å². The lowest BCUT2D eigenvalue weighted by atomic mass is 10.1. The Balaban J connectivity index is 1.40. The number of aromatic nitrogens is 4. The Kier molecular flexibility index (Phi) is 4.75. The Morgan fingerprint density at radius 2 is 1.68 bits per heavy atom. The van der Waals surface area contributed by atoms with E-state index in [4.69, 9.17) is 0 Å². The lowest BCUT2D eigenvalue weighted by Crippen LogP contribution is -2.22. The van der Waals surface area contributed by atoms with E-state index in [9.17, 15) is 9.59 Å². The first-order chi connectivity index (χ1) is 13.7. The van der Waals surface area contributed by atoms with Crippen molar-refractivity contribution in [3.05, 3.63) is 83.7 Å². The number of pyridine rings is 1. The minimum absolute atomic E-state index is 0.212. The highest BCUT2D eigenvalue weighted by Crippen LogP contribution is 2.13. The number of hydrogen-bond donors (Lipinski definition) is 3. The molecule has 8 heteroatoms. The summed E-state index contributed by atoms with van der Waals surface area (Å²) in [5.41, 5.74) is 3.88. The van der Waals surface area contributed by atoms with Gasteiger partial charge in [0, 0.05) is 35.8 Å². The number of aromatic amines is 1.